The monoisotopic (exact) mass is 235 g/mol. The predicted molar refractivity (Wildman–Crippen MR) is 70.1 cm³/mol. The molecular formula is C12H17N3S. The van der Waals surface area contributed by atoms with Crippen LogP contribution in [-0.4, -0.2) is 16.0 Å². The molecule has 0 bridgehead atoms. The lowest BCUT2D eigenvalue weighted by molar-refractivity contribution is 0.688. The molecule has 16 heavy (non-hydrogen) atoms. The Hall–Kier alpha value is -1.16. The van der Waals surface area contributed by atoms with Gasteiger partial charge in [-0.25, -0.2) is 9.97 Å². The molecule has 4 heteroatoms. The number of aromatic nitrogens is 2. The van der Waals surface area contributed by atoms with Crippen LogP contribution in [0.4, 0.5) is 5.82 Å². The Labute approximate surface area is 99.9 Å². The second-order valence-electron chi connectivity index (χ2n) is 4.16. The largest absolute Gasteiger partial charge is 0.367 e. The molecule has 0 fully saturated rings. The number of nitrogens with zero attached hydrogens (tertiary/aromatic N) is 2. The van der Waals surface area contributed by atoms with E-state index in [0.29, 0.717) is 6.04 Å². The van der Waals surface area contributed by atoms with Crippen LogP contribution in [0.25, 0.3) is 10.2 Å². The van der Waals surface area contributed by atoms with Crippen molar-refractivity contribution in [2.45, 2.75) is 39.7 Å². The van der Waals surface area contributed by atoms with Crippen molar-refractivity contribution in [1.29, 1.82) is 0 Å². The molecule has 1 unspecified atom stereocenters. The van der Waals surface area contributed by atoms with Gasteiger partial charge in [0.25, 0.3) is 0 Å². The van der Waals surface area contributed by atoms with Gasteiger partial charge in [0.15, 0.2) is 0 Å². The second-order valence-corrected chi connectivity index (χ2v) is 5.01. The maximum absolute atomic E-state index is 4.35. The summed E-state index contributed by atoms with van der Waals surface area (Å²) in [6.45, 7) is 6.50. The van der Waals surface area contributed by atoms with E-state index in [2.05, 4.69) is 41.4 Å². The van der Waals surface area contributed by atoms with Crippen molar-refractivity contribution in [3.05, 3.63) is 17.3 Å². The molecule has 3 nitrogen and oxygen atoms in total. The van der Waals surface area contributed by atoms with Crippen LogP contribution in [0, 0.1) is 6.92 Å². The van der Waals surface area contributed by atoms with Gasteiger partial charge < -0.3 is 5.32 Å². The van der Waals surface area contributed by atoms with Crippen molar-refractivity contribution in [1.82, 2.24) is 9.97 Å². The topological polar surface area (TPSA) is 37.8 Å². The molecule has 2 aromatic heterocycles. The fourth-order valence-electron chi connectivity index (χ4n) is 1.87. The van der Waals surface area contributed by atoms with E-state index in [4.69, 9.17) is 0 Å². The molecule has 2 rings (SSSR count). The predicted octanol–water partition coefficient (Wildman–Crippen LogP) is 3.60. The van der Waals surface area contributed by atoms with Crippen LogP contribution in [0.3, 0.4) is 0 Å². The van der Waals surface area contributed by atoms with Gasteiger partial charge in [0, 0.05) is 6.04 Å². The van der Waals surface area contributed by atoms with Gasteiger partial charge in [0.1, 0.15) is 17.0 Å². The highest BCUT2D eigenvalue weighted by molar-refractivity contribution is 7.17. The molecule has 2 heterocycles. The third kappa shape index (κ3) is 2.16. The van der Waals surface area contributed by atoms with Crippen LogP contribution >= 0.6 is 11.3 Å². The summed E-state index contributed by atoms with van der Waals surface area (Å²) in [5.41, 5.74) is 1.26. The van der Waals surface area contributed by atoms with Crippen LogP contribution in [0.15, 0.2) is 11.7 Å². The van der Waals surface area contributed by atoms with E-state index in [1.54, 1.807) is 17.7 Å². The number of nitrogens with one attached hydrogen (secondary N) is 1. The Kier molecular flexibility index (Phi) is 3.39. The zero-order valence-corrected chi connectivity index (χ0v) is 10.8. The highest BCUT2D eigenvalue weighted by Crippen LogP contribution is 2.28. The van der Waals surface area contributed by atoms with Gasteiger partial charge in [-0.15, -0.1) is 11.3 Å². The third-order valence-corrected chi connectivity index (χ3v) is 3.66. The average molecular weight is 235 g/mol. The number of thiophene rings is 1. The Morgan fingerprint density at radius 1 is 1.44 bits per heavy atom. The Balaban J connectivity index is 2.32. The number of aryl methyl sites for hydroxylation is 1. The summed E-state index contributed by atoms with van der Waals surface area (Å²) in [6, 6.07) is 0.461. The summed E-state index contributed by atoms with van der Waals surface area (Å²) < 4.78 is 0. The first kappa shape index (κ1) is 11.3. The summed E-state index contributed by atoms with van der Waals surface area (Å²) in [6.07, 6.45) is 3.99. The molecule has 0 aliphatic heterocycles. The minimum absolute atomic E-state index is 0.461. The molecule has 0 aliphatic rings. The van der Waals surface area contributed by atoms with Crippen molar-refractivity contribution in [2.75, 3.05) is 5.32 Å². The lowest BCUT2D eigenvalue weighted by Crippen LogP contribution is -2.15. The van der Waals surface area contributed by atoms with Crippen molar-refractivity contribution in [3.63, 3.8) is 0 Å². The van der Waals surface area contributed by atoms with Crippen LogP contribution in [0.1, 0.15) is 32.3 Å². The minimum atomic E-state index is 0.461. The van der Waals surface area contributed by atoms with Crippen molar-refractivity contribution >= 4 is 27.4 Å². The number of hydrogen-bond acceptors (Lipinski definition) is 4. The number of anilines is 1. The van der Waals surface area contributed by atoms with Gasteiger partial charge >= 0.3 is 0 Å². The van der Waals surface area contributed by atoms with Crippen LogP contribution in [0.5, 0.6) is 0 Å². The average Bonchev–Trinajstić information content (AvgIpc) is 2.62. The van der Waals surface area contributed by atoms with Gasteiger partial charge in [0.2, 0.25) is 0 Å². The molecule has 86 valence electrons. The fourth-order valence-corrected chi connectivity index (χ4v) is 2.76. The third-order valence-electron chi connectivity index (χ3n) is 2.66. The summed E-state index contributed by atoms with van der Waals surface area (Å²) >= 11 is 1.68. The number of rotatable bonds is 4. The summed E-state index contributed by atoms with van der Waals surface area (Å²) in [5, 5.41) is 6.78. The van der Waals surface area contributed by atoms with Crippen LogP contribution in [0.2, 0.25) is 0 Å². The molecular weight excluding hydrogens is 218 g/mol. The summed E-state index contributed by atoms with van der Waals surface area (Å²) in [4.78, 5) is 9.70. The summed E-state index contributed by atoms with van der Waals surface area (Å²) in [5.74, 6) is 0.977. The lowest BCUT2D eigenvalue weighted by Gasteiger charge is -2.14. The summed E-state index contributed by atoms with van der Waals surface area (Å²) in [7, 11) is 0. The van der Waals surface area contributed by atoms with Crippen LogP contribution in [-0.2, 0) is 0 Å². The minimum Gasteiger partial charge on any atom is -0.367 e. The Bertz CT molecular complexity index is 478. The van der Waals surface area contributed by atoms with Gasteiger partial charge in [-0.2, -0.15) is 0 Å². The van der Waals surface area contributed by atoms with Gasteiger partial charge in [-0.05, 0) is 31.2 Å². The first-order valence-electron chi connectivity index (χ1n) is 5.67. The SMILES string of the molecule is CCCC(C)Nc1ncnc2scc(C)c12. The molecule has 0 aliphatic carbocycles. The van der Waals surface area contributed by atoms with Gasteiger partial charge in [-0.1, -0.05) is 13.3 Å². The van der Waals surface area contributed by atoms with Crippen molar-refractivity contribution in [3.8, 4) is 0 Å². The maximum Gasteiger partial charge on any atom is 0.138 e. The molecule has 1 atom stereocenters. The fraction of sp³-hybridized carbons (Fsp3) is 0.500. The second kappa shape index (κ2) is 4.78. The number of fused-ring (bicyclic) bond motifs is 1. The highest BCUT2D eigenvalue weighted by atomic mass is 32.1. The van der Waals surface area contributed by atoms with E-state index in [9.17, 15) is 0 Å². The van der Waals surface area contributed by atoms with Gasteiger partial charge in [0.05, 0.1) is 5.39 Å². The molecule has 0 amide bonds. The Morgan fingerprint density at radius 3 is 3.00 bits per heavy atom. The molecule has 0 saturated heterocycles. The molecule has 1 N–H and O–H groups in total. The molecule has 0 spiro atoms. The van der Waals surface area contributed by atoms with Crippen LogP contribution < -0.4 is 5.32 Å². The standard InChI is InChI=1S/C12H17N3S/c1-4-5-9(3)15-11-10-8(2)6-16-12(10)14-7-13-11/h6-7,9H,4-5H2,1-3H3,(H,13,14,15). The lowest BCUT2D eigenvalue weighted by atomic mass is 10.2. The van der Waals surface area contributed by atoms with E-state index in [1.807, 2.05) is 0 Å². The normalized spacial score (nSPS) is 12.9. The van der Waals surface area contributed by atoms with E-state index in [0.717, 1.165) is 17.1 Å². The zero-order chi connectivity index (χ0) is 11.5. The first-order valence-corrected chi connectivity index (χ1v) is 6.55. The van der Waals surface area contributed by atoms with E-state index >= 15 is 0 Å². The Morgan fingerprint density at radius 2 is 2.25 bits per heavy atom. The molecule has 0 radical (unpaired) electrons. The maximum atomic E-state index is 4.35. The first-order chi connectivity index (χ1) is 7.72. The van der Waals surface area contributed by atoms with E-state index < -0.39 is 0 Å². The smallest absolute Gasteiger partial charge is 0.138 e. The molecule has 2 aromatic rings. The van der Waals surface area contributed by atoms with E-state index in [-0.39, 0.29) is 0 Å². The number of hydrogen-bond donors (Lipinski definition) is 1. The van der Waals surface area contributed by atoms with Gasteiger partial charge in [-0.3, -0.25) is 0 Å². The molecule has 0 aromatic carbocycles. The van der Waals surface area contributed by atoms with Crippen molar-refractivity contribution in [2.24, 2.45) is 0 Å². The quantitative estimate of drug-likeness (QED) is 0.879. The van der Waals surface area contributed by atoms with Crippen molar-refractivity contribution < 1.29 is 0 Å². The van der Waals surface area contributed by atoms with E-state index in [1.165, 1.54) is 17.4 Å². The molecule has 0 saturated carbocycles. The zero-order valence-electron chi connectivity index (χ0n) is 9.95. The highest BCUT2D eigenvalue weighted by Gasteiger charge is 2.10.